The van der Waals surface area contributed by atoms with Gasteiger partial charge in [0.2, 0.25) is 5.91 Å². The highest BCUT2D eigenvalue weighted by atomic mass is 32.1. The number of thiophene rings is 1. The first-order valence-electron chi connectivity index (χ1n) is 7.40. The van der Waals surface area contributed by atoms with E-state index in [1.807, 2.05) is 11.8 Å². The molecule has 2 atom stereocenters. The zero-order valence-electron chi connectivity index (χ0n) is 12.3. The third-order valence-corrected chi connectivity index (χ3v) is 4.26. The van der Waals surface area contributed by atoms with Gasteiger partial charge in [0, 0.05) is 19.8 Å². The molecule has 1 aromatic rings. The number of nitrogens with zero attached hydrogens (tertiary/aromatic N) is 1. The second-order valence-electron chi connectivity index (χ2n) is 5.20. The van der Waals surface area contributed by atoms with E-state index in [2.05, 4.69) is 29.1 Å². The molecule has 1 aromatic heterocycles. The molecule has 4 nitrogen and oxygen atoms in total. The number of hydrogen-bond acceptors (Lipinski definition) is 4. The van der Waals surface area contributed by atoms with E-state index < -0.39 is 0 Å². The Morgan fingerprint density at radius 2 is 2.20 bits per heavy atom. The summed E-state index contributed by atoms with van der Waals surface area (Å²) in [5.41, 5.74) is 1.18. The minimum absolute atomic E-state index is 0.0272. The van der Waals surface area contributed by atoms with Gasteiger partial charge in [-0.15, -0.1) is 0 Å². The van der Waals surface area contributed by atoms with Gasteiger partial charge in [-0.1, -0.05) is 13.3 Å². The molecule has 2 rings (SSSR count). The van der Waals surface area contributed by atoms with Crippen LogP contribution in [-0.2, 0) is 9.53 Å². The number of hydrogen-bond donors (Lipinski definition) is 1. The molecule has 0 spiro atoms. The van der Waals surface area contributed by atoms with E-state index in [-0.39, 0.29) is 18.1 Å². The Labute approximate surface area is 125 Å². The minimum atomic E-state index is -0.0964. The minimum Gasteiger partial charge on any atom is -0.381 e. The van der Waals surface area contributed by atoms with Crippen LogP contribution in [0.25, 0.3) is 0 Å². The summed E-state index contributed by atoms with van der Waals surface area (Å²) < 4.78 is 5.57. The number of rotatable bonds is 8. The molecular weight excluding hydrogens is 272 g/mol. The molecule has 1 N–H and O–H groups in total. The molecule has 0 aliphatic carbocycles. The first-order valence-corrected chi connectivity index (χ1v) is 8.34. The molecular formula is C15H24N2O2S. The Morgan fingerprint density at radius 3 is 2.90 bits per heavy atom. The summed E-state index contributed by atoms with van der Waals surface area (Å²) in [6, 6.07) is 1.99. The van der Waals surface area contributed by atoms with Crippen molar-refractivity contribution in [2.24, 2.45) is 0 Å². The van der Waals surface area contributed by atoms with E-state index in [0.717, 1.165) is 39.0 Å². The molecule has 1 saturated heterocycles. The average Bonchev–Trinajstić information content (AvgIpc) is 3.05. The molecule has 2 heterocycles. The second kappa shape index (κ2) is 7.76. The smallest absolute Gasteiger partial charge is 0.241 e. The summed E-state index contributed by atoms with van der Waals surface area (Å²) in [6.45, 7) is 6.40. The molecule has 0 bridgehead atoms. The predicted octanol–water partition coefficient (Wildman–Crippen LogP) is 2.77. The summed E-state index contributed by atoms with van der Waals surface area (Å²) in [5.74, 6) is 0.190. The summed E-state index contributed by atoms with van der Waals surface area (Å²) >= 11 is 1.67. The maximum absolute atomic E-state index is 12.2. The maximum Gasteiger partial charge on any atom is 0.241 e. The lowest BCUT2D eigenvalue weighted by Gasteiger charge is -2.23. The van der Waals surface area contributed by atoms with E-state index in [1.165, 1.54) is 5.56 Å². The molecule has 1 aliphatic heterocycles. The lowest BCUT2D eigenvalue weighted by molar-refractivity contribution is -0.130. The van der Waals surface area contributed by atoms with Gasteiger partial charge in [-0.3, -0.25) is 10.1 Å². The quantitative estimate of drug-likeness (QED) is 0.750. The largest absolute Gasteiger partial charge is 0.381 e. The van der Waals surface area contributed by atoms with Gasteiger partial charge < -0.3 is 9.64 Å². The summed E-state index contributed by atoms with van der Waals surface area (Å²) in [6.07, 6.45) is 3.19. The van der Waals surface area contributed by atoms with Crippen LogP contribution in [-0.4, -0.2) is 36.6 Å². The van der Waals surface area contributed by atoms with Gasteiger partial charge in [0.15, 0.2) is 0 Å². The van der Waals surface area contributed by atoms with E-state index in [9.17, 15) is 4.79 Å². The Kier molecular flexibility index (Phi) is 6.01. The van der Waals surface area contributed by atoms with Crippen molar-refractivity contribution in [3.8, 4) is 0 Å². The van der Waals surface area contributed by atoms with Gasteiger partial charge in [0.05, 0.1) is 6.04 Å². The highest BCUT2D eigenvalue weighted by Gasteiger charge is 2.36. The molecule has 1 aliphatic rings. The van der Waals surface area contributed by atoms with E-state index in [0.29, 0.717) is 0 Å². The van der Waals surface area contributed by atoms with Gasteiger partial charge in [0.1, 0.15) is 6.17 Å². The molecule has 0 radical (unpaired) electrons. The van der Waals surface area contributed by atoms with Crippen molar-refractivity contribution < 1.29 is 9.53 Å². The SMILES string of the molecule is CCCCOCCCN1C(=O)C(C)NC1c1ccsc1. The van der Waals surface area contributed by atoms with Gasteiger partial charge in [-0.05, 0) is 42.2 Å². The van der Waals surface area contributed by atoms with E-state index >= 15 is 0 Å². The van der Waals surface area contributed by atoms with Crippen molar-refractivity contribution in [2.75, 3.05) is 19.8 Å². The van der Waals surface area contributed by atoms with Crippen LogP contribution in [0.15, 0.2) is 16.8 Å². The molecule has 0 aromatic carbocycles. The molecule has 0 saturated carbocycles. The number of unbranched alkanes of at least 4 members (excludes halogenated alkanes) is 1. The molecule has 1 amide bonds. The monoisotopic (exact) mass is 296 g/mol. The predicted molar refractivity (Wildman–Crippen MR) is 81.7 cm³/mol. The Bertz CT molecular complexity index is 408. The second-order valence-corrected chi connectivity index (χ2v) is 5.98. The van der Waals surface area contributed by atoms with Gasteiger partial charge in [-0.25, -0.2) is 0 Å². The lowest BCUT2D eigenvalue weighted by atomic mass is 10.2. The van der Waals surface area contributed by atoms with Gasteiger partial charge >= 0.3 is 0 Å². The summed E-state index contributed by atoms with van der Waals surface area (Å²) in [4.78, 5) is 14.1. The third kappa shape index (κ3) is 3.81. The highest BCUT2D eigenvalue weighted by Crippen LogP contribution is 2.26. The van der Waals surface area contributed by atoms with Crippen LogP contribution in [0.5, 0.6) is 0 Å². The van der Waals surface area contributed by atoms with Crippen LogP contribution >= 0.6 is 11.3 Å². The average molecular weight is 296 g/mol. The van der Waals surface area contributed by atoms with Gasteiger partial charge in [0.25, 0.3) is 0 Å². The molecule has 112 valence electrons. The van der Waals surface area contributed by atoms with Gasteiger partial charge in [-0.2, -0.15) is 11.3 Å². The van der Waals surface area contributed by atoms with Crippen LogP contribution in [0.1, 0.15) is 44.8 Å². The Morgan fingerprint density at radius 1 is 1.40 bits per heavy atom. The van der Waals surface area contributed by atoms with Crippen molar-refractivity contribution >= 4 is 17.2 Å². The number of nitrogens with one attached hydrogen (secondary N) is 1. The first kappa shape index (κ1) is 15.5. The zero-order chi connectivity index (χ0) is 14.4. The topological polar surface area (TPSA) is 41.6 Å². The molecule has 1 fully saturated rings. The number of amides is 1. The fourth-order valence-electron chi connectivity index (χ4n) is 2.41. The standard InChI is InChI=1S/C15H24N2O2S/c1-3-4-8-19-9-5-7-17-14(13-6-10-20-11-13)16-12(2)15(17)18/h6,10-12,14,16H,3-5,7-9H2,1-2H3. The van der Waals surface area contributed by atoms with Crippen LogP contribution in [0.2, 0.25) is 0 Å². The van der Waals surface area contributed by atoms with Crippen LogP contribution in [0.4, 0.5) is 0 Å². The summed E-state index contributed by atoms with van der Waals surface area (Å²) in [5, 5.41) is 7.52. The number of carbonyl (C=O) groups excluding carboxylic acids is 1. The molecule has 20 heavy (non-hydrogen) atoms. The number of ether oxygens (including phenoxy) is 1. The van der Waals surface area contributed by atoms with Crippen molar-refractivity contribution in [2.45, 2.75) is 45.3 Å². The highest BCUT2D eigenvalue weighted by molar-refractivity contribution is 7.07. The normalized spacial score (nSPS) is 22.7. The van der Waals surface area contributed by atoms with Crippen molar-refractivity contribution in [3.05, 3.63) is 22.4 Å². The Balaban J connectivity index is 1.82. The first-order chi connectivity index (χ1) is 9.74. The lowest BCUT2D eigenvalue weighted by Crippen LogP contribution is -2.32. The maximum atomic E-state index is 12.2. The van der Waals surface area contributed by atoms with Crippen molar-refractivity contribution in [3.63, 3.8) is 0 Å². The molecule has 2 unspecified atom stereocenters. The molecule has 5 heteroatoms. The van der Waals surface area contributed by atoms with Crippen LogP contribution < -0.4 is 5.32 Å². The van der Waals surface area contributed by atoms with Crippen molar-refractivity contribution in [1.82, 2.24) is 10.2 Å². The van der Waals surface area contributed by atoms with Crippen molar-refractivity contribution in [1.29, 1.82) is 0 Å². The van der Waals surface area contributed by atoms with Crippen LogP contribution in [0, 0.1) is 0 Å². The van der Waals surface area contributed by atoms with E-state index in [4.69, 9.17) is 4.74 Å². The fraction of sp³-hybridized carbons (Fsp3) is 0.667. The third-order valence-electron chi connectivity index (χ3n) is 3.56. The van der Waals surface area contributed by atoms with Crippen LogP contribution in [0.3, 0.4) is 0 Å². The van der Waals surface area contributed by atoms with E-state index in [1.54, 1.807) is 11.3 Å². The fourth-order valence-corrected chi connectivity index (χ4v) is 3.08. The summed E-state index contributed by atoms with van der Waals surface area (Å²) in [7, 11) is 0. The number of carbonyl (C=O) groups is 1. The Hall–Kier alpha value is -0.910. The zero-order valence-corrected chi connectivity index (χ0v) is 13.1.